The van der Waals surface area contributed by atoms with Crippen molar-refractivity contribution in [1.82, 2.24) is 0 Å². The van der Waals surface area contributed by atoms with Gasteiger partial charge in [0, 0.05) is 12.1 Å². The third-order valence-electron chi connectivity index (χ3n) is 5.13. The minimum absolute atomic E-state index is 0.0996. The second kappa shape index (κ2) is 9.56. The smallest absolute Gasteiger partial charge is 0.149 e. The van der Waals surface area contributed by atoms with Crippen molar-refractivity contribution in [3.05, 3.63) is 131 Å². The van der Waals surface area contributed by atoms with Gasteiger partial charge in [0.25, 0.3) is 0 Å². The average molecular weight is 436 g/mol. The zero-order valence-corrected chi connectivity index (χ0v) is 16.9. The maximum absolute atomic E-state index is 14.5. The summed E-state index contributed by atoms with van der Waals surface area (Å²) in [7, 11) is 0. The molecule has 0 amide bonds. The van der Waals surface area contributed by atoms with Crippen molar-refractivity contribution in [1.29, 1.82) is 0 Å². The summed E-state index contributed by atoms with van der Waals surface area (Å²) in [6.07, 6.45) is 0. The molecule has 0 aromatic heterocycles. The Morgan fingerprint density at radius 1 is 0.469 bits per heavy atom. The van der Waals surface area contributed by atoms with Gasteiger partial charge in [-0.1, -0.05) is 60.7 Å². The predicted molar refractivity (Wildman–Crippen MR) is 118 cm³/mol. The maximum Gasteiger partial charge on any atom is 0.149 e. The largest absolute Gasteiger partial charge is 0.373 e. The molecule has 2 unspecified atom stereocenters. The molecule has 4 aromatic rings. The van der Waals surface area contributed by atoms with Gasteiger partial charge in [-0.25, -0.2) is 17.6 Å². The summed E-state index contributed by atoms with van der Waals surface area (Å²) in [5, 5.41) is 6.28. The first-order valence-electron chi connectivity index (χ1n) is 10.0. The third-order valence-corrected chi connectivity index (χ3v) is 5.13. The quantitative estimate of drug-likeness (QED) is 0.298. The second-order valence-corrected chi connectivity index (χ2v) is 7.31. The molecule has 2 nitrogen and oxygen atoms in total. The molecule has 4 aromatic carbocycles. The van der Waals surface area contributed by atoms with Crippen molar-refractivity contribution in [2.75, 3.05) is 10.6 Å². The minimum atomic E-state index is -0.745. The van der Waals surface area contributed by atoms with Crippen molar-refractivity contribution in [2.24, 2.45) is 0 Å². The summed E-state index contributed by atoms with van der Waals surface area (Å²) < 4.78 is 55.9. The van der Waals surface area contributed by atoms with Crippen molar-refractivity contribution in [3.63, 3.8) is 0 Å². The third kappa shape index (κ3) is 4.91. The molecule has 0 aliphatic carbocycles. The van der Waals surface area contributed by atoms with Crippen molar-refractivity contribution >= 4 is 11.4 Å². The molecule has 2 N–H and O–H groups in total. The lowest BCUT2D eigenvalue weighted by atomic mass is 9.92. The van der Waals surface area contributed by atoms with E-state index < -0.39 is 35.4 Å². The van der Waals surface area contributed by atoms with E-state index in [0.717, 1.165) is 35.4 Å². The number of rotatable bonds is 7. The number of nitrogens with one attached hydrogen (secondary N) is 2. The van der Waals surface area contributed by atoms with Crippen LogP contribution in [0, 0.1) is 23.3 Å². The first kappa shape index (κ1) is 21.4. The fraction of sp³-hybridized carbons (Fsp3) is 0.0769. The van der Waals surface area contributed by atoms with Gasteiger partial charge in [0.05, 0.1) is 23.5 Å². The van der Waals surface area contributed by atoms with Crippen LogP contribution in [0.4, 0.5) is 28.9 Å². The molecule has 6 heteroatoms. The second-order valence-electron chi connectivity index (χ2n) is 7.31. The van der Waals surface area contributed by atoms with Gasteiger partial charge >= 0.3 is 0 Å². The van der Waals surface area contributed by atoms with Gasteiger partial charge in [-0.05, 0) is 35.4 Å². The van der Waals surface area contributed by atoms with Crippen LogP contribution in [0.3, 0.4) is 0 Å². The molecule has 0 fully saturated rings. The monoisotopic (exact) mass is 436 g/mol. The summed E-state index contributed by atoms with van der Waals surface area (Å²) in [6, 6.07) is 23.9. The van der Waals surface area contributed by atoms with E-state index in [0.29, 0.717) is 0 Å². The standard InChI is InChI=1S/C26H20F4N2/c27-19-11-13-23(21(29)15-19)31-25(17-7-3-1-4-8-17)26(18-9-5-2-6-10-18)32-24-14-12-20(28)16-22(24)30/h1-16,25-26,31-32H. The fourth-order valence-electron chi connectivity index (χ4n) is 3.59. The van der Waals surface area contributed by atoms with Gasteiger partial charge in [0.1, 0.15) is 23.3 Å². The van der Waals surface area contributed by atoms with Gasteiger partial charge in [0.2, 0.25) is 0 Å². The first-order valence-corrected chi connectivity index (χ1v) is 10.0. The van der Waals surface area contributed by atoms with E-state index in [-0.39, 0.29) is 11.4 Å². The van der Waals surface area contributed by atoms with Crippen molar-refractivity contribution in [3.8, 4) is 0 Å². The van der Waals surface area contributed by atoms with Gasteiger partial charge in [0.15, 0.2) is 0 Å². The summed E-state index contributed by atoms with van der Waals surface area (Å²) in [5.74, 6) is -2.86. The molecule has 0 heterocycles. The lowest BCUT2D eigenvalue weighted by molar-refractivity contribution is 0.571. The Kier molecular flexibility index (Phi) is 6.40. The molecule has 0 aliphatic rings. The Bertz CT molecular complexity index is 1090. The maximum atomic E-state index is 14.5. The Balaban J connectivity index is 1.80. The van der Waals surface area contributed by atoms with Crippen LogP contribution in [-0.2, 0) is 0 Å². The van der Waals surface area contributed by atoms with Crippen molar-refractivity contribution in [2.45, 2.75) is 12.1 Å². The van der Waals surface area contributed by atoms with E-state index in [1.54, 1.807) is 0 Å². The highest BCUT2D eigenvalue weighted by molar-refractivity contribution is 5.52. The first-order chi connectivity index (χ1) is 15.5. The van der Waals surface area contributed by atoms with Crippen LogP contribution in [0.1, 0.15) is 23.2 Å². The van der Waals surface area contributed by atoms with Gasteiger partial charge < -0.3 is 10.6 Å². The highest BCUT2D eigenvalue weighted by atomic mass is 19.1. The van der Waals surface area contributed by atoms with Crippen LogP contribution in [0.25, 0.3) is 0 Å². The Morgan fingerprint density at radius 2 is 0.844 bits per heavy atom. The molecule has 0 spiro atoms. The molecule has 162 valence electrons. The van der Waals surface area contributed by atoms with E-state index in [2.05, 4.69) is 10.6 Å². The molecular weight excluding hydrogens is 416 g/mol. The Morgan fingerprint density at radius 3 is 1.19 bits per heavy atom. The van der Waals surface area contributed by atoms with Gasteiger partial charge in [-0.15, -0.1) is 0 Å². The lowest BCUT2D eigenvalue weighted by Crippen LogP contribution is -2.26. The summed E-state index contributed by atoms with van der Waals surface area (Å²) in [5.41, 5.74) is 1.78. The van der Waals surface area contributed by atoms with E-state index >= 15 is 0 Å². The molecule has 0 saturated carbocycles. The van der Waals surface area contributed by atoms with Crippen LogP contribution in [0.15, 0.2) is 97.1 Å². The highest BCUT2D eigenvalue weighted by Gasteiger charge is 2.27. The molecule has 0 aliphatic heterocycles. The van der Waals surface area contributed by atoms with Gasteiger partial charge in [-0.3, -0.25) is 0 Å². The molecule has 2 atom stereocenters. The SMILES string of the molecule is Fc1ccc(NC(c2ccccc2)C(Nc2ccc(F)cc2F)c2ccccc2)c(F)c1. The average Bonchev–Trinajstić information content (AvgIpc) is 2.80. The Labute approximate surface area is 183 Å². The van der Waals surface area contributed by atoms with E-state index in [4.69, 9.17) is 0 Å². The molecule has 4 rings (SSSR count). The zero-order chi connectivity index (χ0) is 22.5. The van der Waals surface area contributed by atoms with Crippen LogP contribution >= 0.6 is 0 Å². The molecule has 32 heavy (non-hydrogen) atoms. The Hall–Kier alpha value is -3.80. The van der Waals surface area contributed by atoms with Crippen LogP contribution in [0.2, 0.25) is 0 Å². The van der Waals surface area contributed by atoms with E-state index in [1.165, 1.54) is 12.1 Å². The number of benzene rings is 4. The molecule has 0 radical (unpaired) electrons. The molecule has 0 bridgehead atoms. The topological polar surface area (TPSA) is 24.1 Å². The van der Waals surface area contributed by atoms with Crippen LogP contribution in [-0.4, -0.2) is 0 Å². The predicted octanol–water partition coefficient (Wildman–Crippen LogP) is 7.25. The molecular formula is C26H20F4N2. The lowest BCUT2D eigenvalue weighted by Gasteiger charge is -2.31. The summed E-state index contributed by atoms with van der Waals surface area (Å²) in [6.45, 7) is 0. The van der Waals surface area contributed by atoms with E-state index in [9.17, 15) is 17.6 Å². The van der Waals surface area contributed by atoms with Crippen molar-refractivity contribution < 1.29 is 17.6 Å². The van der Waals surface area contributed by atoms with E-state index in [1.807, 2.05) is 60.7 Å². The number of halogens is 4. The van der Waals surface area contributed by atoms with Gasteiger partial charge in [-0.2, -0.15) is 0 Å². The fourth-order valence-corrected chi connectivity index (χ4v) is 3.59. The van der Waals surface area contributed by atoms with Crippen LogP contribution in [0.5, 0.6) is 0 Å². The number of anilines is 2. The highest BCUT2D eigenvalue weighted by Crippen LogP contribution is 2.36. The van der Waals surface area contributed by atoms with Crippen LogP contribution < -0.4 is 10.6 Å². The number of hydrogen-bond acceptors (Lipinski definition) is 2. The minimum Gasteiger partial charge on any atom is -0.373 e. The molecule has 0 saturated heterocycles. The number of hydrogen-bond donors (Lipinski definition) is 2. The zero-order valence-electron chi connectivity index (χ0n) is 16.9. The summed E-state index contributed by atoms with van der Waals surface area (Å²) in [4.78, 5) is 0. The normalized spacial score (nSPS) is 12.8. The summed E-state index contributed by atoms with van der Waals surface area (Å²) >= 11 is 0.